The van der Waals surface area contributed by atoms with Crippen molar-refractivity contribution in [2.45, 2.75) is 33.2 Å². The Labute approximate surface area is 162 Å². The Morgan fingerprint density at radius 1 is 1.29 bits per heavy atom. The Morgan fingerprint density at radius 3 is 2.54 bits per heavy atom. The largest absolute Gasteiger partial charge is 0.484 e. The summed E-state index contributed by atoms with van der Waals surface area (Å²) in [4.78, 5) is 40.4. The van der Waals surface area contributed by atoms with Gasteiger partial charge in [0, 0.05) is 13.1 Å². The van der Waals surface area contributed by atoms with Crippen LogP contribution >= 0.6 is 0 Å². The molecular weight excluding hydrogens is 362 g/mol. The first-order chi connectivity index (χ1) is 13.4. The predicted octanol–water partition coefficient (Wildman–Crippen LogP) is 1.22. The second-order valence-corrected chi connectivity index (χ2v) is 6.06. The first-order valence-corrected chi connectivity index (χ1v) is 8.98. The molecule has 9 heteroatoms. The smallest absolute Gasteiger partial charge is 0.330 e. The number of hydrogen-bond acceptors (Lipinski definition) is 6. The number of amides is 1. The van der Waals surface area contributed by atoms with Crippen LogP contribution in [0.5, 0.6) is 5.75 Å². The van der Waals surface area contributed by atoms with E-state index in [1.807, 2.05) is 13.0 Å². The number of carbonyl (C=O) groups excluding carboxylic acids is 1. The molecule has 0 radical (unpaired) electrons. The Hall–Kier alpha value is -3.54. The Morgan fingerprint density at radius 2 is 1.96 bits per heavy atom. The zero-order chi connectivity index (χ0) is 20.7. The molecule has 1 aromatic heterocycles. The van der Waals surface area contributed by atoms with Gasteiger partial charge in [-0.15, -0.1) is 0 Å². The van der Waals surface area contributed by atoms with Crippen molar-refractivity contribution in [3.05, 3.63) is 50.7 Å². The normalized spacial score (nSPS) is 10.3. The molecule has 0 aliphatic rings. The van der Waals surface area contributed by atoms with E-state index in [1.54, 1.807) is 31.2 Å². The highest BCUT2D eigenvalue weighted by Crippen LogP contribution is 2.18. The van der Waals surface area contributed by atoms with E-state index in [-0.39, 0.29) is 24.7 Å². The van der Waals surface area contributed by atoms with Gasteiger partial charge < -0.3 is 15.4 Å². The van der Waals surface area contributed by atoms with Crippen molar-refractivity contribution in [1.82, 2.24) is 9.55 Å². The van der Waals surface area contributed by atoms with E-state index in [2.05, 4.69) is 4.98 Å². The lowest BCUT2D eigenvalue weighted by Crippen LogP contribution is -2.42. The molecule has 28 heavy (non-hydrogen) atoms. The third-order valence-corrected chi connectivity index (χ3v) is 4.18. The van der Waals surface area contributed by atoms with Crippen molar-refractivity contribution < 1.29 is 9.53 Å². The standard InChI is InChI=1S/C19H23N5O4/c1-3-5-10-24-17(21)16(18(26)22-19(24)27)23(4-2)15(25)12-28-14-8-6-13(11-20)7-9-14/h6-9H,3-5,10,12,21H2,1-2H3,(H,22,26,27). The summed E-state index contributed by atoms with van der Waals surface area (Å²) in [6, 6.07) is 8.30. The number of benzene rings is 1. The third kappa shape index (κ3) is 4.59. The summed E-state index contributed by atoms with van der Waals surface area (Å²) in [5, 5.41) is 8.80. The number of nitrogen functional groups attached to an aromatic ring is 1. The van der Waals surface area contributed by atoms with E-state index >= 15 is 0 Å². The number of anilines is 2. The number of carbonyl (C=O) groups is 1. The van der Waals surface area contributed by atoms with E-state index in [1.165, 1.54) is 9.47 Å². The van der Waals surface area contributed by atoms with Crippen molar-refractivity contribution >= 4 is 17.4 Å². The van der Waals surface area contributed by atoms with Crippen LogP contribution < -0.4 is 26.6 Å². The molecule has 0 atom stereocenters. The summed E-state index contributed by atoms with van der Waals surface area (Å²) in [6.07, 6.45) is 1.55. The molecule has 2 rings (SSSR count). The van der Waals surface area contributed by atoms with Gasteiger partial charge in [0.2, 0.25) is 0 Å². The summed E-state index contributed by atoms with van der Waals surface area (Å²) in [6.45, 7) is 3.86. The van der Waals surface area contributed by atoms with Crippen LogP contribution in [0, 0.1) is 11.3 Å². The second kappa shape index (κ2) is 9.41. The molecule has 0 aliphatic heterocycles. The van der Waals surface area contributed by atoms with Crippen LogP contribution in [0.2, 0.25) is 0 Å². The maximum Gasteiger partial charge on any atom is 0.330 e. The monoisotopic (exact) mass is 385 g/mol. The summed E-state index contributed by atoms with van der Waals surface area (Å²) in [7, 11) is 0. The number of aromatic nitrogens is 2. The molecule has 0 saturated carbocycles. The number of nitrogens with two attached hydrogens (primary N) is 1. The fourth-order valence-corrected chi connectivity index (χ4v) is 2.68. The Kier molecular flexibility index (Phi) is 6.98. The molecule has 0 unspecified atom stereocenters. The molecule has 2 aromatic rings. The topological polar surface area (TPSA) is 134 Å². The van der Waals surface area contributed by atoms with Crippen LogP contribution in [-0.2, 0) is 11.3 Å². The number of nitrogens with one attached hydrogen (secondary N) is 1. The Bertz CT molecular complexity index is 985. The summed E-state index contributed by atoms with van der Waals surface area (Å²) in [5.41, 5.74) is 5.15. The zero-order valence-electron chi connectivity index (χ0n) is 15.9. The fourth-order valence-electron chi connectivity index (χ4n) is 2.68. The molecule has 1 heterocycles. The molecule has 0 fully saturated rings. The number of rotatable bonds is 8. The molecule has 0 spiro atoms. The molecule has 148 valence electrons. The van der Waals surface area contributed by atoms with Crippen molar-refractivity contribution in [2.75, 3.05) is 23.8 Å². The number of ether oxygens (including phenoxy) is 1. The maximum atomic E-state index is 12.6. The number of aromatic amines is 1. The van der Waals surface area contributed by atoms with Crippen LogP contribution in [-0.4, -0.2) is 28.6 Å². The van der Waals surface area contributed by atoms with Gasteiger partial charge in [-0.05, 0) is 37.6 Å². The summed E-state index contributed by atoms with van der Waals surface area (Å²) in [5.74, 6) is -0.112. The quantitative estimate of drug-likeness (QED) is 0.702. The first kappa shape index (κ1) is 20.8. The van der Waals surface area contributed by atoms with Crippen LogP contribution in [0.15, 0.2) is 33.9 Å². The highest BCUT2D eigenvalue weighted by atomic mass is 16.5. The average molecular weight is 385 g/mol. The number of nitriles is 1. The number of nitrogens with zero attached hydrogens (tertiary/aromatic N) is 3. The minimum atomic E-state index is -0.719. The minimum Gasteiger partial charge on any atom is -0.484 e. The van der Waals surface area contributed by atoms with Gasteiger partial charge in [0.05, 0.1) is 11.6 Å². The highest BCUT2D eigenvalue weighted by molar-refractivity contribution is 5.96. The van der Waals surface area contributed by atoms with Gasteiger partial charge in [-0.3, -0.25) is 19.1 Å². The molecule has 0 aliphatic carbocycles. The van der Waals surface area contributed by atoms with E-state index < -0.39 is 17.2 Å². The van der Waals surface area contributed by atoms with E-state index in [9.17, 15) is 14.4 Å². The molecular formula is C19H23N5O4. The number of unbranched alkanes of at least 4 members (excludes halogenated alkanes) is 1. The molecule has 9 nitrogen and oxygen atoms in total. The van der Waals surface area contributed by atoms with Crippen LogP contribution in [0.25, 0.3) is 0 Å². The van der Waals surface area contributed by atoms with Gasteiger partial charge in [-0.2, -0.15) is 5.26 Å². The SMILES string of the molecule is CCCCn1c(N)c(N(CC)C(=O)COc2ccc(C#N)cc2)c(=O)[nH]c1=O. The second-order valence-electron chi connectivity index (χ2n) is 6.06. The van der Waals surface area contributed by atoms with Crippen molar-refractivity contribution in [3.63, 3.8) is 0 Å². The summed E-state index contributed by atoms with van der Waals surface area (Å²) < 4.78 is 6.71. The lowest BCUT2D eigenvalue weighted by molar-refractivity contribution is -0.120. The predicted molar refractivity (Wildman–Crippen MR) is 105 cm³/mol. The van der Waals surface area contributed by atoms with E-state index in [4.69, 9.17) is 15.7 Å². The highest BCUT2D eigenvalue weighted by Gasteiger charge is 2.23. The van der Waals surface area contributed by atoms with Gasteiger partial charge >= 0.3 is 5.69 Å². The van der Waals surface area contributed by atoms with Gasteiger partial charge in [0.25, 0.3) is 11.5 Å². The molecule has 3 N–H and O–H groups in total. The number of hydrogen-bond donors (Lipinski definition) is 2. The lowest BCUT2D eigenvalue weighted by Gasteiger charge is -2.23. The van der Waals surface area contributed by atoms with Gasteiger partial charge in [-0.1, -0.05) is 13.3 Å². The van der Waals surface area contributed by atoms with Crippen molar-refractivity contribution in [1.29, 1.82) is 5.26 Å². The van der Waals surface area contributed by atoms with Gasteiger partial charge in [-0.25, -0.2) is 4.79 Å². The average Bonchev–Trinajstić information content (AvgIpc) is 2.69. The van der Waals surface area contributed by atoms with Crippen molar-refractivity contribution in [2.24, 2.45) is 0 Å². The summed E-state index contributed by atoms with van der Waals surface area (Å²) >= 11 is 0. The molecule has 1 amide bonds. The number of likely N-dealkylation sites (N-methyl/N-ethyl adjacent to an activating group) is 1. The lowest BCUT2D eigenvalue weighted by atomic mass is 10.2. The van der Waals surface area contributed by atoms with Crippen LogP contribution in [0.4, 0.5) is 11.5 Å². The molecule has 0 bridgehead atoms. The van der Waals surface area contributed by atoms with Crippen LogP contribution in [0.3, 0.4) is 0 Å². The van der Waals surface area contributed by atoms with Crippen LogP contribution in [0.1, 0.15) is 32.3 Å². The van der Waals surface area contributed by atoms with Gasteiger partial charge in [0.15, 0.2) is 12.3 Å². The molecule has 0 saturated heterocycles. The zero-order valence-corrected chi connectivity index (χ0v) is 15.9. The van der Waals surface area contributed by atoms with Gasteiger partial charge in [0.1, 0.15) is 11.6 Å². The minimum absolute atomic E-state index is 0.0456. The maximum absolute atomic E-state index is 12.6. The number of H-pyrrole nitrogens is 1. The van der Waals surface area contributed by atoms with E-state index in [0.29, 0.717) is 24.3 Å². The Balaban J connectivity index is 2.25. The molecule has 1 aromatic carbocycles. The fraction of sp³-hybridized carbons (Fsp3) is 0.368. The van der Waals surface area contributed by atoms with Crippen molar-refractivity contribution in [3.8, 4) is 11.8 Å². The third-order valence-electron chi connectivity index (χ3n) is 4.18. The first-order valence-electron chi connectivity index (χ1n) is 8.98. The van der Waals surface area contributed by atoms with E-state index in [0.717, 1.165) is 6.42 Å².